The molecule has 0 radical (unpaired) electrons. The summed E-state index contributed by atoms with van der Waals surface area (Å²) >= 11 is 1.52. The highest BCUT2D eigenvalue weighted by atomic mass is 32.2. The lowest BCUT2D eigenvalue weighted by molar-refractivity contribution is -0.126. The molecule has 0 N–H and O–H groups in total. The summed E-state index contributed by atoms with van der Waals surface area (Å²) in [6.45, 7) is 2.61. The minimum absolute atomic E-state index is 0.0827. The van der Waals surface area contributed by atoms with E-state index in [1.807, 2.05) is 48.5 Å². The first kappa shape index (κ1) is 19.4. The van der Waals surface area contributed by atoms with Crippen molar-refractivity contribution in [2.45, 2.75) is 31.6 Å². The summed E-state index contributed by atoms with van der Waals surface area (Å²) in [5.41, 5.74) is 2.10. The summed E-state index contributed by atoms with van der Waals surface area (Å²) in [5.74, 6) is 0.124. The second kappa shape index (κ2) is 9.05. The SMILES string of the molecule is CCC[C@H]1S/C(=N/N=C\c2ccccc2)N(Cc2cccc3ccccc23)C1=O. The van der Waals surface area contributed by atoms with Crippen molar-refractivity contribution in [2.24, 2.45) is 10.2 Å². The van der Waals surface area contributed by atoms with Crippen LogP contribution in [0.4, 0.5) is 0 Å². The zero-order valence-electron chi connectivity index (χ0n) is 16.4. The zero-order chi connectivity index (χ0) is 20.1. The Morgan fingerprint density at radius 3 is 2.59 bits per heavy atom. The average molecular weight is 402 g/mol. The van der Waals surface area contributed by atoms with Gasteiger partial charge in [0, 0.05) is 0 Å². The predicted molar refractivity (Wildman–Crippen MR) is 122 cm³/mol. The van der Waals surface area contributed by atoms with Crippen molar-refractivity contribution in [3.63, 3.8) is 0 Å². The number of rotatable bonds is 6. The first-order valence-corrected chi connectivity index (χ1v) is 10.7. The topological polar surface area (TPSA) is 45.0 Å². The van der Waals surface area contributed by atoms with Crippen molar-refractivity contribution in [2.75, 3.05) is 0 Å². The van der Waals surface area contributed by atoms with Gasteiger partial charge >= 0.3 is 0 Å². The van der Waals surface area contributed by atoms with Crippen LogP contribution in [0.15, 0.2) is 83.0 Å². The second-order valence-electron chi connectivity index (χ2n) is 7.00. The molecule has 1 saturated heterocycles. The number of fused-ring (bicyclic) bond motifs is 1. The van der Waals surface area contributed by atoms with Crippen molar-refractivity contribution in [3.8, 4) is 0 Å². The molecule has 1 atom stereocenters. The second-order valence-corrected chi connectivity index (χ2v) is 8.17. The lowest BCUT2D eigenvalue weighted by Crippen LogP contribution is -2.31. The van der Waals surface area contributed by atoms with Gasteiger partial charge in [0.25, 0.3) is 0 Å². The van der Waals surface area contributed by atoms with Gasteiger partial charge in [0.05, 0.1) is 18.0 Å². The third kappa shape index (κ3) is 4.40. The molecule has 0 spiro atoms. The molecular weight excluding hydrogens is 378 g/mol. The Bertz CT molecular complexity index is 1060. The van der Waals surface area contributed by atoms with Gasteiger partial charge in [0.1, 0.15) is 0 Å². The predicted octanol–water partition coefficient (Wildman–Crippen LogP) is 5.47. The Balaban J connectivity index is 1.63. The summed E-state index contributed by atoms with van der Waals surface area (Å²) < 4.78 is 0. The van der Waals surface area contributed by atoms with E-state index >= 15 is 0 Å². The fraction of sp³-hybridized carbons (Fsp3) is 0.208. The summed E-state index contributed by atoms with van der Waals surface area (Å²) in [7, 11) is 0. The summed E-state index contributed by atoms with van der Waals surface area (Å²) in [6, 6.07) is 24.3. The van der Waals surface area contributed by atoms with Crippen LogP contribution >= 0.6 is 11.8 Å². The fourth-order valence-corrected chi connectivity index (χ4v) is 4.67. The molecule has 4 nitrogen and oxygen atoms in total. The van der Waals surface area contributed by atoms with Crippen LogP contribution in [-0.2, 0) is 11.3 Å². The summed E-state index contributed by atoms with van der Waals surface area (Å²) in [6.07, 6.45) is 3.53. The number of nitrogens with zero attached hydrogens (tertiary/aromatic N) is 3. The molecule has 3 aromatic carbocycles. The van der Waals surface area contributed by atoms with Crippen LogP contribution in [0.3, 0.4) is 0 Å². The molecule has 0 aromatic heterocycles. The van der Waals surface area contributed by atoms with Gasteiger partial charge in [-0.1, -0.05) is 97.9 Å². The van der Waals surface area contributed by atoms with E-state index < -0.39 is 0 Å². The van der Waals surface area contributed by atoms with Gasteiger partial charge in [-0.05, 0) is 28.3 Å². The molecule has 1 aliphatic heterocycles. The van der Waals surface area contributed by atoms with Crippen LogP contribution in [0.1, 0.15) is 30.9 Å². The molecule has 0 unspecified atom stereocenters. The van der Waals surface area contributed by atoms with Gasteiger partial charge in [-0.25, -0.2) is 0 Å². The van der Waals surface area contributed by atoms with Crippen LogP contribution < -0.4 is 0 Å². The Labute approximate surface area is 175 Å². The number of amidine groups is 1. The summed E-state index contributed by atoms with van der Waals surface area (Å²) in [4.78, 5) is 14.8. The van der Waals surface area contributed by atoms with E-state index in [0.717, 1.165) is 24.0 Å². The fourth-order valence-electron chi connectivity index (χ4n) is 3.46. The number of benzene rings is 3. The Morgan fingerprint density at radius 2 is 1.76 bits per heavy atom. The van der Waals surface area contributed by atoms with Crippen molar-refractivity contribution in [1.29, 1.82) is 0 Å². The highest BCUT2D eigenvalue weighted by molar-refractivity contribution is 8.15. The van der Waals surface area contributed by atoms with Crippen LogP contribution in [0, 0.1) is 0 Å². The minimum Gasteiger partial charge on any atom is -0.284 e. The van der Waals surface area contributed by atoms with E-state index in [9.17, 15) is 4.79 Å². The molecule has 0 aliphatic carbocycles. The van der Waals surface area contributed by atoms with E-state index in [-0.39, 0.29) is 11.2 Å². The van der Waals surface area contributed by atoms with Crippen LogP contribution in [0.2, 0.25) is 0 Å². The van der Waals surface area contributed by atoms with Crippen molar-refractivity contribution >= 4 is 39.8 Å². The van der Waals surface area contributed by atoms with Crippen LogP contribution in [-0.4, -0.2) is 27.4 Å². The van der Waals surface area contributed by atoms with Crippen molar-refractivity contribution in [1.82, 2.24) is 4.90 Å². The lowest BCUT2D eigenvalue weighted by atomic mass is 10.0. The number of thioether (sulfide) groups is 1. The molecule has 146 valence electrons. The third-order valence-electron chi connectivity index (χ3n) is 4.93. The monoisotopic (exact) mass is 401 g/mol. The van der Waals surface area contributed by atoms with Gasteiger partial charge in [-0.2, -0.15) is 5.10 Å². The number of carbonyl (C=O) groups excluding carboxylic acids is 1. The highest BCUT2D eigenvalue weighted by Gasteiger charge is 2.37. The standard InChI is InChI=1S/C24H23N3OS/c1-2-9-22-23(28)27(17-20-14-8-13-19-12-6-7-15-21(19)20)24(29-22)26-25-16-18-10-4-3-5-11-18/h3-8,10-16,22H,2,9,17H2,1H3/b25-16-,26-24+/t22-/m1/s1. The van der Waals surface area contributed by atoms with E-state index in [4.69, 9.17) is 0 Å². The molecule has 0 saturated carbocycles. The molecule has 1 heterocycles. The maximum absolute atomic E-state index is 13.1. The minimum atomic E-state index is -0.0827. The number of amides is 1. The summed E-state index contributed by atoms with van der Waals surface area (Å²) in [5, 5.41) is 11.6. The molecule has 5 heteroatoms. The first-order chi connectivity index (χ1) is 14.3. The molecule has 1 fully saturated rings. The van der Waals surface area contributed by atoms with E-state index in [2.05, 4.69) is 41.4 Å². The number of carbonyl (C=O) groups is 1. The zero-order valence-corrected chi connectivity index (χ0v) is 17.2. The molecular formula is C24H23N3OS. The van der Waals surface area contributed by atoms with E-state index in [0.29, 0.717) is 11.7 Å². The number of hydrogen-bond acceptors (Lipinski definition) is 4. The Hall–Kier alpha value is -2.92. The Morgan fingerprint density at radius 1 is 1.00 bits per heavy atom. The average Bonchev–Trinajstić information content (AvgIpc) is 3.04. The van der Waals surface area contributed by atoms with Crippen LogP contribution in [0.5, 0.6) is 0 Å². The Kier molecular flexibility index (Phi) is 6.06. The van der Waals surface area contributed by atoms with Gasteiger partial charge in [-0.15, -0.1) is 5.10 Å². The molecule has 1 aliphatic rings. The van der Waals surface area contributed by atoms with Crippen LogP contribution in [0.25, 0.3) is 10.8 Å². The molecule has 1 amide bonds. The van der Waals surface area contributed by atoms with Gasteiger partial charge in [0.2, 0.25) is 5.91 Å². The van der Waals surface area contributed by atoms with Crippen molar-refractivity contribution < 1.29 is 4.79 Å². The normalized spacial score (nSPS) is 18.4. The maximum Gasteiger partial charge on any atom is 0.242 e. The van der Waals surface area contributed by atoms with Gasteiger partial charge < -0.3 is 0 Å². The maximum atomic E-state index is 13.1. The third-order valence-corrected chi connectivity index (χ3v) is 6.16. The highest BCUT2D eigenvalue weighted by Crippen LogP contribution is 2.32. The molecule has 4 rings (SSSR count). The lowest BCUT2D eigenvalue weighted by Gasteiger charge is -2.17. The largest absolute Gasteiger partial charge is 0.284 e. The van der Waals surface area contributed by atoms with E-state index in [1.54, 1.807) is 11.1 Å². The van der Waals surface area contributed by atoms with E-state index in [1.165, 1.54) is 22.5 Å². The number of hydrogen-bond donors (Lipinski definition) is 0. The smallest absolute Gasteiger partial charge is 0.242 e. The van der Waals surface area contributed by atoms with Gasteiger partial charge in [0.15, 0.2) is 5.17 Å². The molecule has 3 aromatic rings. The quantitative estimate of drug-likeness (QED) is 0.406. The molecule has 0 bridgehead atoms. The molecule has 29 heavy (non-hydrogen) atoms. The van der Waals surface area contributed by atoms with Gasteiger partial charge in [-0.3, -0.25) is 9.69 Å². The first-order valence-electron chi connectivity index (χ1n) is 9.87. The van der Waals surface area contributed by atoms with Crippen molar-refractivity contribution in [3.05, 3.63) is 83.9 Å².